The number of nitrogens with zero attached hydrogens (tertiary/aromatic N) is 2. The van der Waals surface area contributed by atoms with Crippen LogP contribution in [0, 0.1) is 12.7 Å². The van der Waals surface area contributed by atoms with Gasteiger partial charge < -0.3 is 15.0 Å². The molecule has 2 aromatic heterocycles. The summed E-state index contributed by atoms with van der Waals surface area (Å²) in [5, 5.41) is 0.360. The molecule has 0 aliphatic carbocycles. The van der Waals surface area contributed by atoms with Crippen molar-refractivity contribution in [2.45, 2.75) is 43.9 Å². The summed E-state index contributed by atoms with van der Waals surface area (Å²) in [4.78, 5) is 16.6. The minimum atomic E-state index is -4.10. The van der Waals surface area contributed by atoms with Crippen molar-refractivity contribution in [1.82, 2.24) is 14.3 Å². The van der Waals surface area contributed by atoms with Gasteiger partial charge in [0.25, 0.3) is 5.91 Å². The van der Waals surface area contributed by atoms with Crippen LogP contribution in [-0.2, 0) is 14.8 Å². The molecule has 33 heavy (non-hydrogen) atoms. The highest BCUT2D eigenvalue weighted by atomic mass is 32.2. The monoisotopic (exact) mass is 478 g/mol. The fourth-order valence-electron chi connectivity index (χ4n) is 4.22. The quantitative estimate of drug-likeness (QED) is 0.528. The number of carbonyl (C=O) groups is 1. The van der Waals surface area contributed by atoms with Crippen LogP contribution < -0.4 is 10.5 Å². The highest BCUT2D eigenvalue weighted by Gasteiger charge is 2.29. The predicted octanol–water partition coefficient (Wildman–Crippen LogP) is 3.20. The second-order valence-electron chi connectivity index (χ2n) is 8.04. The Hall–Kier alpha value is -2.89. The molecule has 3 aromatic rings. The normalized spacial score (nSPS) is 16.2. The Morgan fingerprint density at radius 3 is 2.58 bits per heavy atom. The zero-order chi connectivity index (χ0) is 23.9. The number of pyridine rings is 1. The average Bonchev–Trinajstić information content (AvgIpc) is 3.08. The molecule has 1 amide bonds. The summed E-state index contributed by atoms with van der Waals surface area (Å²) < 4.78 is 61.5. The van der Waals surface area contributed by atoms with Crippen LogP contribution in [0.25, 0.3) is 22.3 Å². The van der Waals surface area contributed by atoms with E-state index >= 15 is 0 Å². The second kappa shape index (κ2) is 8.81. The molecule has 0 spiro atoms. The molecule has 0 saturated carbocycles. The number of rotatable bonds is 6. The van der Waals surface area contributed by atoms with Crippen molar-refractivity contribution in [3.8, 4) is 11.4 Å². The predicted molar refractivity (Wildman–Crippen MR) is 118 cm³/mol. The number of nitrogens with one attached hydrogen (secondary N) is 1. The van der Waals surface area contributed by atoms with Gasteiger partial charge >= 0.3 is 0 Å². The first kappa shape index (κ1) is 23.3. The third kappa shape index (κ3) is 4.35. The minimum Gasteiger partial charge on any atom is -0.381 e. The van der Waals surface area contributed by atoms with Crippen molar-refractivity contribution in [3.63, 3.8) is 0 Å². The van der Waals surface area contributed by atoms with E-state index in [1.807, 2.05) is 9.29 Å². The highest BCUT2D eigenvalue weighted by Crippen LogP contribution is 2.39. The second-order valence-corrected chi connectivity index (χ2v) is 9.75. The lowest BCUT2D eigenvalue weighted by Gasteiger charge is -2.27. The number of amides is 1. The molecule has 0 unspecified atom stereocenters. The molecule has 0 radical (unpaired) electrons. The van der Waals surface area contributed by atoms with Crippen LogP contribution in [0.2, 0.25) is 0 Å². The molecular formula is C22H24F2N4O4S. The summed E-state index contributed by atoms with van der Waals surface area (Å²) >= 11 is 0. The zero-order valence-electron chi connectivity index (χ0n) is 18.1. The van der Waals surface area contributed by atoms with E-state index < -0.39 is 28.0 Å². The molecule has 1 fully saturated rings. The molecule has 8 nitrogen and oxygen atoms in total. The highest BCUT2D eigenvalue weighted by molar-refractivity contribution is 7.89. The van der Waals surface area contributed by atoms with Crippen molar-refractivity contribution in [2.75, 3.05) is 13.2 Å². The lowest BCUT2D eigenvalue weighted by molar-refractivity contribution is 0.0710. The van der Waals surface area contributed by atoms with Crippen LogP contribution in [0.4, 0.5) is 8.78 Å². The van der Waals surface area contributed by atoms with E-state index in [9.17, 15) is 22.0 Å². The smallest absolute Gasteiger partial charge is 0.251 e. The van der Waals surface area contributed by atoms with Crippen LogP contribution >= 0.6 is 0 Å². The third-order valence-electron chi connectivity index (χ3n) is 5.69. The number of alkyl halides is 1. The number of nitrogens with two attached hydrogens (primary N) is 1. The number of aromatic nitrogens is 2. The van der Waals surface area contributed by atoms with Crippen LogP contribution in [0.1, 0.15) is 41.7 Å². The largest absolute Gasteiger partial charge is 0.381 e. The summed E-state index contributed by atoms with van der Waals surface area (Å²) in [6.07, 6.45) is 0.639. The topological polar surface area (TPSA) is 116 Å². The first-order chi connectivity index (χ1) is 15.6. The zero-order valence-corrected chi connectivity index (χ0v) is 19.0. The van der Waals surface area contributed by atoms with Crippen molar-refractivity contribution in [1.29, 1.82) is 0 Å². The van der Waals surface area contributed by atoms with Crippen molar-refractivity contribution in [3.05, 3.63) is 47.4 Å². The van der Waals surface area contributed by atoms with E-state index in [2.05, 4.69) is 4.98 Å². The van der Waals surface area contributed by atoms with E-state index in [-0.39, 0.29) is 22.2 Å². The summed E-state index contributed by atoms with van der Waals surface area (Å²) in [5.41, 5.74) is 7.55. The SMILES string of the molecule is Cc1cc2c(cc1F)c(C(N)=O)c(-c1ccc(S(=O)(=O)N[C@H](C)F)cn1)n2C1CCOCC1. The summed E-state index contributed by atoms with van der Waals surface area (Å²) in [6, 6.07) is 5.59. The maximum atomic E-state index is 14.5. The number of hydrogen-bond acceptors (Lipinski definition) is 5. The molecule has 3 N–H and O–H groups in total. The van der Waals surface area contributed by atoms with E-state index in [1.165, 1.54) is 18.2 Å². The standard InChI is InChI=1S/C22H24F2N4O4S/c1-12-9-19-16(10-17(12)24)20(22(25)29)21(28(19)14-5-7-32-8-6-14)18-4-3-15(11-26-18)33(30,31)27-13(2)23/h3-4,9-11,13-14,27H,5-8H2,1-2H3,(H2,25,29)/t13-/m1/s1. The van der Waals surface area contributed by atoms with Crippen LogP contribution in [0.5, 0.6) is 0 Å². The fourth-order valence-corrected chi connectivity index (χ4v) is 5.22. The molecule has 176 valence electrons. The maximum absolute atomic E-state index is 14.5. The number of sulfonamides is 1. The number of primary amides is 1. The summed E-state index contributed by atoms with van der Waals surface area (Å²) in [7, 11) is -4.10. The molecule has 1 aliphatic heterocycles. The van der Waals surface area contributed by atoms with Gasteiger partial charge in [-0.1, -0.05) is 0 Å². The van der Waals surface area contributed by atoms with Crippen molar-refractivity contribution >= 4 is 26.8 Å². The lowest BCUT2D eigenvalue weighted by atomic mass is 10.1. The average molecular weight is 479 g/mol. The maximum Gasteiger partial charge on any atom is 0.251 e. The Kier molecular flexibility index (Phi) is 6.21. The number of hydrogen-bond donors (Lipinski definition) is 2. The first-order valence-corrected chi connectivity index (χ1v) is 11.9. The number of carbonyl (C=O) groups excluding carboxylic acids is 1. The van der Waals surface area contributed by atoms with E-state index in [0.29, 0.717) is 48.2 Å². The van der Waals surface area contributed by atoms with Crippen LogP contribution in [0.15, 0.2) is 35.4 Å². The molecule has 1 saturated heterocycles. The van der Waals surface area contributed by atoms with Gasteiger partial charge in [0.1, 0.15) is 10.7 Å². The number of halogens is 2. The van der Waals surface area contributed by atoms with Gasteiger partial charge in [-0.3, -0.25) is 9.78 Å². The Morgan fingerprint density at radius 1 is 1.30 bits per heavy atom. The Morgan fingerprint density at radius 2 is 2.00 bits per heavy atom. The molecular weight excluding hydrogens is 454 g/mol. The number of fused-ring (bicyclic) bond motifs is 1. The summed E-state index contributed by atoms with van der Waals surface area (Å²) in [5.74, 6) is -1.23. The number of benzene rings is 1. The fraction of sp³-hybridized carbons (Fsp3) is 0.364. The first-order valence-electron chi connectivity index (χ1n) is 10.4. The van der Waals surface area contributed by atoms with E-state index in [0.717, 1.165) is 13.1 Å². The van der Waals surface area contributed by atoms with Gasteiger partial charge in [-0.2, -0.15) is 4.72 Å². The number of ether oxygens (including phenoxy) is 1. The van der Waals surface area contributed by atoms with Gasteiger partial charge in [0.15, 0.2) is 6.30 Å². The molecule has 1 aromatic carbocycles. The van der Waals surface area contributed by atoms with Gasteiger partial charge in [-0.25, -0.2) is 17.2 Å². The van der Waals surface area contributed by atoms with E-state index in [4.69, 9.17) is 10.5 Å². The Bertz CT molecular complexity index is 1310. The van der Waals surface area contributed by atoms with E-state index in [1.54, 1.807) is 13.0 Å². The van der Waals surface area contributed by atoms with Gasteiger partial charge in [-0.05, 0) is 56.5 Å². The van der Waals surface area contributed by atoms with Crippen molar-refractivity contribution < 1.29 is 26.7 Å². The molecule has 1 aliphatic rings. The molecule has 3 heterocycles. The minimum absolute atomic E-state index is 0.0616. The molecule has 4 rings (SSSR count). The van der Waals surface area contributed by atoms with Gasteiger partial charge in [-0.15, -0.1) is 0 Å². The molecule has 11 heteroatoms. The lowest BCUT2D eigenvalue weighted by Crippen LogP contribution is -2.29. The number of aryl methyl sites for hydroxylation is 1. The summed E-state index contributed by atoms with van der Waals surface area (Å²) in [6.45, 7) is 3.74. The van der Waals surface area contributed by atoms with Gasteiger partial charge in [0.2, 0.25) is 10.0 Å². The van der Waals surface area contributed by atoms with Gasteiger partial charge in [0, 0.05) is 30.8 Å². The molecule has 0 bridgehead atoms. The third-order valence-corrected chi connectivity index (χ3v) is 7.19. The van der Waals surface area contributed by atoms with Crippen molar-refractivity contribution in [2.24, 2.45) is 5.73 Å². The Balaban J connectivity index is 1.96. The Labute approximate surface area is 189 Å². The molecule has 1 atom stereocenters. The van der Waals surface area contributed by atoms with Gasteiger partial charge in [0.05, 0.1) is 22.5 Å². The van der Waals surface area contributed by atoms with Crippen LogP contribution in [-0.4, -0.2) is 43.4 Å². The van der Waals surface area contributed by atoms with Crippen LogP contribution in [0.3, 0.4) is 0 Å².